The molecule has 2 atom stereocenters. The van der Waals surface area contributed by atoms with Crippen molar-refractivity contribution in [1.29, 1.82) is 0 Å². The van der Waals surface area contributed by atoms with Crippen molar-refractivity contribution < 1.29 is 22.7 Å². The van der Waals surface area contributed by atoms with E-state index in [0.717, 1.165) is 25.2 Å². The van der Waals surface area contributed by atoms with Crippen LogP contribution in [0.15, 0.2) is 41.8 Å². The number of thiophene rings is 1. The van der Waals surface area contributed by atoms with Crippen LogP contribution in [-0.2, 0) is 15.7 Å². The van der Waals surface area contributed by atoms with E-state index >= 15 is 0 Å². The molecule has 0 spiro atoms. The molecule has 2 unspecified atom stereocenters. The number of morpholine rings is 1. The summed E-state index contributed by atoms with van der Waals surface area (Å²) < 4.78 is 43.4. The molecular weight excluding hydrogens is 403 g/mol. The van der Waals surface area contributed by atoms with E-state index in [0.29, 0.717) is 25.4 Å². The third-order valence-electron chi connectivity index (χ3n) is 4.85. The maximum atomic E-state index is 12.6. The van der Waals surface area contributed by atoms with Crippen molar-refractivity contribution in [3.63, 3.8) is 0 Å². The molecule has 1 aliphatic heterocycles. The minimum Gasteiger partial charge on any atom is -0.379 e. The number of hydrogen-bond acceptors (Lipinski definition) is 5. The first-order valence-electron chi connectivity index (χ1n) is 9.41. The average Bonchev–Trinajstić information content (AvgIpc) is 3.23. The lowest BCUT2D eigenvalue weighted by molar-refractivity contribution is -0.137. The number of ether oxygens (including phenoxy) is 1. The number of nitrogens with one attached hydrogen (secondary N) is 2. The first-order valence-corrected chi connectivity index (χ1v) is 10.3. The Morgan fingerprint density at radius 2 is 1.90 bits per heavy atom. The summed E-state index contributed by atoms with van der Waals surface area (Å²) in [5.41, 5.74) is -0.411. The average molecular weight is 427 g/mol. The zero-order valence-corrected chi connectivity index (χ0v) is 16.9. The van der Waals surface area contributed by atoms with Gasteiger partial charge in [-0.2, -0.15) is 13.2 Å². The smallest absolute Gasteiger partial charge is 0.379 e. The van der Waals surface area contributed by atoms with Crippen LogP contribution >= 0.6 is 11.3 Å². The van der Waals surface area contributed by atoms with E-state index in [2.05, 4.69) is 21.6 Å². The minimum absolute atomic E-state index is 0.139. The molecule has 2 heterocycles. The zero-order valence-electron chi connectivity index (χ0n) is 16.0. The van der Waals surface area contributed by atoms with Gasteiger partial charge in [0.2, 0.25) is 5.91 Å². The van der Waals surface area contributed by atoms with Crippen molar-refractivity contribution in [3.8, 4) is 0 Å². The molecule has 158 valence electrons. The van der Waals surface area contributed by atoms with Crippen molar-refractivity contribution in [3.05, 3.63) is 52.2 Å². The summed E-state index contributed by atoms with van der Waals surface area (Å²) >= 11 is 1.68. The van der Waals surface area contributed by atoms with Gasteiger partial charge < -0.3 is 15.4 Å². The Kier molecular flexibility index (Phi) is 7.28. The Morgan fingerprint density at radius 1 is 1.21 bits per heavy atom. The highest BCUT2D eigenvalue weighted by molar-refractivity contribution is 7.10. The Labute approximate surface area is 171 Å². The van der Waals surface area contributed by atoms with Gasteiger partial charge in [0.15, 0.2) is 0 Å². The molecule has 0 saturated carbocycles. The number of amides is 1. The second-order valence-electron chi connectivity index (χ2n) is 6.87. The van der Waals surface area contributed by atoms with Gasteiger partial charge in [0, 0.05) is 30.2 Å². The van der Waals surface area contributed by atoms with E-state index in [1.807, 2.05) is 11.4 Å². The molecule has 29 heavy (non-hydrogen) atoms. The summed E-state index contributed by atoms with van der Waals surface area (Å²) in [7, 11) is 0. The molecule has 1 fully saturated rings. The maximum Gasteiger partial charge on any atom is 0.416 e. The molecule has 5 nitrogen and oxygen atoms in total. The van der Waals surface area contributed by atoms with Gasteiger partial charge in [0.25, 0.3) is 0 Å². The fourth-order valence-electron chi connectivity index (χ4n) is 3.15. The van der Waals surface area contributed by atoms with Gasteiger partial charge in [0.05, 0.1) is 30.9 Å². The van der Waals surface area contributed by atoms with Crippen LogP contribution in [0.3, 0.4) is 0 Å². The van der Waals surface area contributed by atoms with Crippen LogP contribution in [0.4, 0.5) is 18.9 Å². The Hall–Kier alpha value is -1.94. The van der Waals surface area contributed by atoms with Crippen molar-refractivity contribution in [2.24, 2.45) is 0 Å². The van der Waals surface area contributed by atoms with Crippen LogP contribution in [0.5, 0.6) is 0 Å². The van der Waals surface area contributed by atoms with Crippen LogP contribution in [0.25, 0.3) is 0 Å². The van der Waals surface area contributed by atoms with Crippen LogP contribution in [0.2, 0.25) is 0 Å². The highest BCUT2D eigenvalue weighted by Gasteiger charge is 2.30. The summed E-state index contributed by atoms with van der Waals surface area (Å²) in [6.45, 7) is 5.36. The Bertz CT molecular complexity index is 775. The molecule has 9 heteroatoms. The largest absolute Gasteiger partial charge is 0.416 e. The van der Waals surface area contributed by atoms with Crippen LogP contribution in [0.1, 0.15) is 23.4 Å². The Balaban J connectivity index is 1.56. The molecule has 2 aromatic rings. The second kappa shape index (κ2) is 9.71. The van der Waals surface area contributed by atoms with Gasteiger partial charge in [-0.05, 0) is 42.6 Å². The molecule has 1 amide bonds. The Morgan fingerprint density at radius 3 is 2.48 bits per heavy atom. The first kappa shape index (κ1) is 21.8. The fraction of sp³-hybridized carbons (Fsp3) is 0.450. The number of halogens is 3. The summed E-state index contributed by atoms with van der Waals surface area (Å²) in [4.78, 5) is 16.0. The van der Waals surface area contributed by atoms with Gasteiger partial charge in [-0.1, -0.05) is 6.07 Å². The molecular formula is C20H24F3N3O2S. The number of alkyl halides is 3. The third-order valence-corrected chi connectivity index (χ3v) is 5.82. The number of carbonyl (C=O) groups excluding carboxylic acids is 1. The van der Waals surface area contributed by atoms with Crippen LogP contribution < -0.4 is 10.6 Å². The van der Waals surface area contributed by atoms with Gasteiger partial charge >= 0.3 is 6.18 Å². The molecule has 1 aromatic carbocycles. The summed E-state index contributed by atoms with van der Waals surface area (Å²) in [6, 6.07) is 8.16. The number of carbonyl (C=O) groups is 1. The number of benzene rings is 1. The first-order chi connectivity index (χ1) is 13.8. The minimum atomic E-state index is -4.40. The predicted molar refractivity (Wildman–Crippen MR) is 107 cm³/mol. The van der Waals surface area contributed by atoms with Gasteiger partial charge in [-0.25, -0.2) is 0 Å². The van der Waals surface area contributed by atoms with Crippen LogP contribution in [0, 0.1) is 0 Å². The molecule has 0 bridgehead atoms. The van der Waals surface area contributed by atoms with E-state index in [1.54, 1.807) is 18.3 Å². The van der Waals surface area contributed by atoms with E-state index in [9.17, 15) is 18.0 Å². The number of rotatable bonds is 7. The van der Waals surface area contributed by atoms with Gasteiger partial charge in [-0.15, -0.1) is 11.3 Å². The highest BCUT2D eigenvalue weighted by Crippen LogP contribution is 2.30. The quantitative estimate of drug-likeness (QED) is 0.707. The van der Waals surface area contributed by atoms with Crippen molar-refractivity contribution in [1.82, 2.24) is 10.2 Å². The molecule has 1 aliphatic rings. The number of anilines is 1. The lowest BCUT2D eigenvalue weighted by Gasteiger charge is -2.34. The van der Waals surface area contributed by atoms with E-state index < -0.39 is 17.8 Å². The molecule has 3 rings (SSSR count). The molecule has 1 saturated heterocycles. The fourth-order valence-corrected chi connectivity index (χ4v) is 4.01. The van der Waals surface area contributed by atoms with Crippen molar-refractivity contribution in [2.75, 3.05) is 38.2 Å². The zero-order chi connectivity index (χ0) is 20.9. The lowest BCUT2D eigenvalue weighted by Crippen LogP contribution is -2.46. The van der Waals surface area contributed by atoms with E-state index in [-0.39, 0.29) is 11.9 Å². The number of nitrogens with zero attached hydrogens (tertiary/aromatic N) is 1. The summed E-state index contributed by atoms with van der Waals surface area (Å²) in [6.07, 6.45) is -4.40. The number of hydrogen-bond donors (Lipinski definition) is 2. The second-order valence-corrected chi connectivity index (χ2v) is 7.85. The normalized spacial score (nSPS) is 17.7. The van der Waals surface area contributed by atoms with Crippen molar-refractivity contribution in [2.45, 2.75) is 25.2 Å². The highest BCUT2D eigenvalue weighted by atomic mass is 32.1. The van der Waals surface area contributed by atoms with E-state index in [4.69, 9.17) is 4.74 Å². The van der Waals surface area contributed by atoms with Gasteiger partial charge in [-0.3, -0.25) is 9.69 Å². The van der Waals surface area contributed by atoms with Crippen molar-refractivity contribution >= 4 is 22.9 Å². The third kappa shape index (κ3) is 6.02. The standard InChI is InChI=1S/C20H24F3N3O2S/c1-14(19(27)25-16-6-4-15(5-7-16)20(21,22)23)24-13-17(18-3-2-12-29-18)26-8-10-28-11-9-26/h2-7,12,14,17,24H,8-11,13H2,1H3,(H,25,27). The van der Waals surface area contributed by atoms with Crippen LogP contribution in [-0.4, -0.2) is 49.7 Å². The summed E-state index contributed by atoms with van der Waals surface area (Å²) in [5, 5.41) is 7.95. The van der Waals surface area contributed by atoms with E-state index in [1.165, 1.54) is 17.0 Å². The maximum absolute atomic E-state index is 12.6. The SMILES string of the molecule is CC(NCC(c1cccs1)N1CCOCC1)C(=O)Nc1ccc(C(F)(F)F)cc1. The molecule has 0 radical (unpaired) electrons. The van der Waals surface area contributed by atoms with Gasteiger partial charge in [0.1, 0.15) is 0 Å². The summed E-state index contributed by atoms with van der Waals surface area (Å²) in [5.74, 6) is -0.295. The predicted octanol–water partition coefficient (Wildman–Crippen LogP) is 3.76. The molecule has 1 aromatic heterocycles. The molecule has 2 N–H and O–H groups in total. The molecule has 0 aliphatic carbocycles. The monoisotopic (exact) mass is 427 g/mol. The topological polar surface area (TPSA) is 53.6 Å². The lowest BCUT2D eigenvalue weighted by atomic mass is 10.1.